The van der Waals surface area contributed by atoms with E-state index in [0.717, 1.165) is 22.8 Å². The number of nitrogens with zero attached hydrogens (tertiary/aromatic N) is 1. The van der Waals surface area contributed by atoms with Crippen molar-refractivity contribution in [2.75, 3.05) is 18.8 Å². The van der Waals surface area contributed by atoms with E-state index in [1.165, 1.54) is 10.4 Å². The van der Waals surface area contributed by atoms with Gasteiger partial charge >= 0.3 is 5.97 Å². The number of carbonyl (C=O) groups is 2. The molecule has 1 fully saturated rings. The molecule has 1 N–H and O–H groups in total. The van der Waals surface area contributed by atoms with Gasteiger partial charge in [0.2, 0.25) is 0 Å². The summed E-state index contributed by atoms with van der Waals surface area (Å²) < 4.78 is 0. The van der Waals surface area contributed by atoms with E-state index in [0.29, 0.717) is 25.9 Å². The molecule has 1 unspecified atom stereocenters. The van der Waals surface area contributed by atoms with Gasteiger partial charge in [0.25, 0.3) is 5.91 Å². The molecule has 114 valence electrons. The van der Waals surface area contributed by atoms with Gasteiger partial charge in [-0.25, -0.2) is 0 Å². The van der Waals surface area contributed by atoms with Crippen molar-refractivity contribution in [2.45, 2.75) is 31.9 Å². The van der Waals surface area contributed by atoms with Gasteiger partial charge in [-0.2, -0.15) is 11.8 Å². The number of carbonyl (C=O) groups excluding carboxylic acids is 1. The van der Waals surface area contributed by atoms with Crippen molar-refractivity contribution in [3.63, 3.8) is 0 Å². The molecule has 0 aromatic carbocycles. The van der Waals surface area contributed by atoms with Crippen molar-refractivity contribution in [1.82, 2.24) is 4.90 Å². The first-order valence-corrected chi connectivity index (χ1v) is 9.25. The highest BCUT2D eigenvalue weighted by Crippen LogP contribution is 2.37. The predicted molar refractivity (Wildman–Crippen MR) is 85.1 cm³/mol. The van der Waals surface area contributed by atoms with Gasteiger partial charge in [-0.05, 0) is 36.6 Å². The Labute approximate surface area is 132 Å². The number of amides is 1. The number of hydrogen-bond donors (Lipinski definition) is 1. The molecule has 1 saturated heterocycles. The monoisotopic (exact) mass is 325 g/mol. The summed E-state index contributed by atoms with van der Waals surface area (Å²) in [5.74, 6) is 1.36. The lowest BCUT2D eigenvalue weighted by molar-refractivity contribution is -0.148. The van der Waals surface area contributed by atoms with Crippen LogP contribution in [0.2, 0.25) is 0 Å². The Balaban J connectivity index is 1.77. The molecule has 1 aromatic rings. The third-order valence-electron chi connectivity index (χ3n) is 4.61. The van der Waals surface area contributed by atoms with Crippen LogP contribution in [0.4, 0.5) is 0 Å². The summed E-state index contributed by atoms with van der Waals surface area (Å²) in [6.45, 7) is 2.79. The molecule has 4 nitrogen and oxygen atoms in total. The van der Waals surface area contributed by atoms with Crippen LogP contribution in [-0.2, 0) is 17.0 Å². The number of thiophene rings is 1. The maximum atomic E-state index is 12.6. The number of likely N-dealkylation sites (tertiary alicyclic amines) is 1. The molecular formula is C15H19NO3S2. The third-order valence-corrected chi connectivity index (χ3v) is 6.84. The Morgan fingerprint density at radius 1 is 1.48 bits per heavy atom. The molecule has 0 radical (unpaired) electrons. The highest BCUT2D eigenvalue weighted by atomic mass is 32.2. The lowest BCUT2D eigenvalue weighted by Crippen LogP contribution is -2.36. The first kappa shape index (κ1) is 14.9. The molecule has 21 heavy (non-hydrogen) atoms. The molecular weight excluding hydrogens is 306 g/mol. The third kappa shape index (κ3) is 2.59. The van der Waals surface area contributed by atoms with Gasteiger partial charge < -0.3 is 10.0 Å². The smallest absolute Gasteiger partial charge is 0.311 e. The Bertz CT molecular complexity index is 560. The largest absolute Gasteiger partial charge is 0.481 e. The highest BCUT2D eigenvalue weighted by molar-refractivity contribution is 7.98. The second-order valence-electron chi connectivity index (χ2n) is 5.78. The zero-order valence-corrected chi connectivity index (χ0v) is 13.7. The molecule has 2 aliphatic heterocycles. The van der Waals surface area contributed by atoms with E-state index >= 15 is 0 Å². The number of fused-ring (bicyclic) bond motifs is 1. The van der Waals surface area contributed by atoms with E-state index < -0.39 is 11.4 Å². The fourth-order valence-electron chi connectivity index (χ4n) is 3.07. The SMILES string of the molecule is CCC1(C(=O)O)CCN(C(=O)c2cc3c(s2)CCSC3)C1. The minimum Gasteiger partial charge on any atom is -0.481 e. The van der Waals surface area contributed by atoms with Crippen molar-refractivity contribution in [2.24, 2.45) is 5.41 Å². The van der Waals surface area contributed by atoms with Crippen LogP contribution in [-0.4, -0.2) is 40.7 Å². The lowest BCUT2D eigenvalue weighted by Gasteiger charge is -2.22. The van der Waals surface area contributed by atoms with Crippen LogP contribution in [0.15, 0.2) is 6.07 Å². The van der Waals surface area contributed by atoms with Gasteiger partial charge in [-0.3, -0.25) is 9.59 Å². The van der Waals surface area contributed by atoms with Gasteiger partial charge in [0, 0.05) is 23.7 Å². The van der Waals surface area contributed by atoms with Crippen LogP contribution in [0.25, 0.3) is 0 Å². The molecule has 0 aliphatic carbocycles. The number of hydrogen-bond acceptors (Lipinski definition) is 4. The average molecular weight is 325 g/mol. The van der Waals surface area contributed by atoms with Crippen molar-refractivity contribution < 1.29 is 14.7 Å². The first-order valence-electron chi connectivity index (χ1n) is 7.28. The van der Waals surface area contributed by atoms with Crippen LogP contribution in [0.1, 0.15) is 39.9 Å². The summed E-state index contributed by atoms with van der Waals surface area (Å²) in [7, 11) is 0. The molecule has 3 rings (SSSR count). The minimum atomic E-state index is -0.776. The Kier molecular flexibility index (Phi) is 4.01. The molecule has 0 spiro atoms. The number of thioether (sulfide) groups is 1. The summed E-state index contributed by atoms with van der Waals surface area (Å²) in [6, 6.07) is 2.02. The number of carboxylic acids is 1. The number of aliphatic carboxylic acids is 1. The highest BCUT2D eigenvalue weighted by Gasteiger charge is 2.45. The van der Waals surface area contributed by atoms with Crippen molar-refractivity contribution in [3.8, 4) is 0 Å². The summed E-state index contributed by atoms with van der Waals surface area (Å²) in [5, 5.41) is 9.43. The topological polar surface area (TPSA) is 57.6 Å². The molecule has 3 heterocycles. The maximum Gasteiger partial charge on any atom is 0.311 e. The average Bonchev–Trinajstić information content (AvgIpc) is 3.11. The summed E-state index contributed by atoms with van der Waals surface area (Å²) >= 11 is 3.50. The van der Waals surface area contributed by atoms with Crippen molar-refractivity contribution in [3.05, 3.63) is 21.4 Å². The van der Waals surface area contributed by atoms with E-state index in [1.807, 2.05) is 24.8 Å². The van der Waals surface area contributed by atoms with Crippen LogP contribution < -0.4 is 0 Å². The molecule has 1 aromatic heterocycles. The zero-order chi connectivity index (χ0) is 15.0. The van der Waals surface area contributed by atoms with Gasteiger partial charge in [0.15, 0.2) is 0 Å². The Hall–Kier alpha value is -1.01. The quantitative estimate of drug-likeness (QED) is 0.928. The summed E-state index contributed by atoms with van der Waals surface area (Å²) in [6.07, 6.45) is 2.18. The fourth-order valence-corrected chi connectivity index (χ4v) is 5.41. The van der Waals surface area contributed by atoms with Gasteiger partial charge in [0.1, 0.15) is 0 Å². The van der Waals surface area contributed by atoms with E-state index in [-0.39, 0.29) is 5.91 Å². The Morgan fingerprint density at radius 2 is 2.29 bits per heavy atom. The standard InChI is InChI=1S/C15H19NO3S2/c1-2-15(14(18)19)4-5-16(9-15)13(17)12-7-10-8-20-6-3-11(10)21-12/h7H,2-6,8-9H2,1H3,(H,18,19). The van der Waals surface area contributed by atoms with Crippen LogP contribution in [0, 0.1) is 5.41 Å². The van der Waals surface area contributed by atoms with Crippen LogP contribution >= 0.6 is 23.1 Å². The van der Waals surface area contributed by atoms with Gasteiger partial charge in [-0.15, -0.1) is 11.3 Å². The minimum absolute atomic E-state index is 0.0102. The first-order chi connectivity index (χ1) is 10.1. The van der Waals surface area contributed by atoms with Gasteiger partial charge in [0.05, 0.1) is 10.3 Å². The molecule has 1 atom stereocenters. The van der Waals surface area contributed by atoms with E-state index in [2.05, 4.69) is 0 Å². The van der Waals surface area contributed by atoms with Crippen LogP contribution in [0.3, 0.4) is 0 Å². The second-order valence-corrected chi connectivity index (χ2v) is 8.02. The van der Waals surface area contributed by atoms with E-state index in [1.54, 1.807) is 16.2 Å². The normalized spacial score (nSPS) is 24.9. The second kappa shape index (κ2) is 5.65. The number of rotatable bonds is 3. The number of aryl methyl sites for hydroxylation is 1. The van der Waals surface area contributed by atoms with Gasteiger partial charge in [-0.1, -0.05) is 6.92 Å². The molecule has 0 saturated carbocycles. The molecule has 1 amide bonds. The Morgan fingerprint density at radius 3 is 2.90 bits per heavy atom. The fraction of sp³-hybridized carbons (Fsp3) is 0.600. The lowest BCUT2D eigenvalue weighted by atomic mass is 9.84. The van der Waals surface area contributed by atoms with Crippen LogP contribution in [0.5, 0.6) is 0 Å². The summed E-state index contributed by atoms with van der Waals surface area (Å²) in [5.41, 5.74) is 0.543. The van der Waals surface area contributed by atoms with Crippen molar-refractivity contribution >= 4 is 35.0 Å². The molecule has 0 bridgehead atoms. The van der Waals surface area contributed by atoms with Crippen molar-refractivity contribution in [1.29, 1.82) is 0 Å². The molecule has 6 heteroatoms. The predicted octanol–water partition coefficient (Wildman–Crippen LogP) is 2.86. The van der Waals surface area contributed by atoms with E-state index in [9.17, 15) is 14.7 Å². The number of carboxylic acid groups (broad SMARTS) is 1. The molecule has 2 aliphatic rings. The zero-order valence-electron chi connectivity index (χ0n) is 12.1. The summed E-state index contributed by atoms with van der Waals surface area (Å²) in [4.78, 5) is 27.9. The van der Waals surface area contributed by atoms with E-state index in [4.69, 9.17) is 0 Å². The maximum absolute atomic E-state index is 12.6.